The molecule has 5 nitrogen and oxygen atoms in total. The Morgan fingerprint density at radius 3 is 2.50 bits per heavy atom. The minimum Gasteiger partial charge on any atom is -0.465 e. The van der Waals surface area contributed by atoms with Crippen LogP contribution in [0, 0.1) is 0 Å². The largest absolute Gasteiger partial charge is 0.465 e. The fourth-order valence-corrected chi connectivity index (χ4v) is 5.59. The van der Waals surface area contributed by atoms with Crippen molar-refractivity contribution in [3.8, 4) is 0 Å². The summed E-state index contributed by atoms with van der Waals surface area (Å²) in [4.78, 5) is 13.6. The molecule has 0 bridgehead atoms. The average Bonchev–Trinajstić information content (AvgIpc) is 3.07. The third kappa shape index (κ3) is 2.39. The molecule has 0 amide bonds. The van der Waals surface area contributed by atoms with E-state index < -0.39 is 16.0 Å². The Balaban J connectivity index is 2.02. The van der Waals surface area contributed by atoms with E-state index in [1.54, 1.807) is 48.7 Å². The molecular weight excluding hydrogens is 370 g/mol. The number of allylic oxidation sites excluding steroid dienone is 1. The van der Waals surface area contributed by atoms with E-state index in [1.165, 1.54) is 22.8 Å². The summed E-state index contributed by atoms with van der Waals surface area (Å²) < 4.78 is 32.4. The number of hydrogen-bond acceptors (Lipinski definition) is 5. The standard InChI is InChI=1S/C19H15NO4S2/c1-12-14-11-20(26(22,23)13-7-4-3-5-8-13)15-9-6-10-16(17(14)15)25-18(12)19(21)24-2/h3-11H,1-2H3. The maximum absolute atomic E-state index is 13.1. The molecule has 7 heteroatoms. The molecule has 132 valence electrons. The van der Waals surface area contributed by atoms with Crippen molar-refractivity contribution in [3.63, 3.8) is 0 Å². The smallest absolute Gasteiger partial charge is 0.344 e. The van der Waals surface area contributed by atoms with Gasteiger partial charge in [-0.15, -0.1) is 0 Å². The van der Waals surface area contributed by atoms with Crippen molar-refractivity contribution < 1.29 is 17.9 Å². The highest BCUT2D eigenvalue weighted by molar-refractivity contribution is 8.04. The molecule has 0 radical (unpaired) electrons. The van der Waals surface area contributed by atoms with Crippen LogP contribution in [-0.4, -0.2) is 25.5 Å². The zero-order chi connectivity index (χ0) is 18.5. The number of aromatic nitrogens is 1. The highest BCUT2D eigenvalue weighted by Gasteiger charge is 2.29. The Kier molecular flexibility index (Phi) is 3.93. The van der Waals surface area contributed by atoms with Crippen LogP contribution in [0.2, 0.25) is 0 Å². The second kappa shape index (κ2) is 6.03. The molecule has 26 heavy (non-hydrogen) atoms. The lowest BCUT2D eigenvalue weighted by Crippen LogP contribution is -2.11. The average molecular weight is 385 g/mol. The first-order chi connectivity index (χ1) is 12.4. The van der Waals surface area contributed by atoms with Crippen molar-refractivity contribution in [2.24, 2.45) is 0 Å². The van der Waals surface area contributed by atoms with Crippen molar-refractivity contribution in [1.29, 1.82) is 0 Å². The number of thioether (sulfide) groups is 1. The number of esters is 1. The number of carbonyl (C=O) groups is 1. The summed E-state index contributed by atoms with van der Waals surface area (Å²) in [5.41, 5.74) is 2.04. The number of carbonyl (C=O) groups excluding carboxylic acids is 1. The first-order valence-electron chi connectivity index (χ1n) is 7.87. The van der Waals surface area contributed by atoms with E-state index in [1.807, 2.05) is 13.0 Å². The molecule has 1 aliphatic heterocycles. The Bertz CT molecular complexity index is 1170. The molecule has 0 aliphatic carbocycles. The SMILES string of the molecule is COC(=O)C1=C(C)c2cn(S(=O)(=O)c3ccccc3)c3cccc(c23)S1. The number of benzene rings is 2. The molecule has 2 heterocycles. The van der Waals surface area contributed by atoms with Gasteiger partial charge in [-0.25, -0.2) is 17.2 Å². The van der Waals surface area contributed by atoms with E-state index in [-0.39, 0.29) is 4.90 Å². The lowest BCUT2D eigenvalue weighted by molar-refractivity contribution is -0.135. The molecule has 0 spiro atoms. The van der Waals surface area contributed by atoms with Crippen LogP contribution in [0.25, 0.3) is 16.5 Å². The Hall–Kier alpha value is -2.51. The molecule has 0 unspecified atom stereocenters. The lowest BCUT2D eigenvalue weighted by atomic mass is 10.1. The Morgan fingerprint density at radius 2 is 1.81 bits per heavy atom. The second-order valence-corrected chi connectivity index (χ2v) is 8.72. The third-order valence-electron chi connectivity index (χ3n) is 4.38. The van der Waals surface area contributed by atoms with Gasteiger partial charge in [0.2, 0.25) is 0 Å². The number of methoxy groups -OCH3 is 1. The third-order valence-corrected chi connectivity index (χ3v) is 7.31. The molecule has 4 rings (SSSR count). The van der Waals surface area contributed by atoms with Gasteiger partial charge in [0, 0.05) is 22.0 Å². The molecule has 2 aromatic carbocycles. The summed E-state index contributed by atoms with van der Waals surface area (Å²) in [6, 6.07) is 13.8. The van der Waals surface area contributed by atoms with Crippen LogP contribution in [0.15, 0.2) is 69.4 Å². The van der Waals surface area contributed by atoms with Gasteiger partial charge in [-0.05, 0) is 36.8 Å². The normalized spacial score (nSPS) is 13.9. The zero-order valence-electron chi connectivity index (χ0n) is 14.1. The van der Waals surface area contributed by atoms with E-state index in [0.717, 1.165) is 15.8 Å². The van der Waals surface area contributed by atoms with Crippen LogP contribution >= 0.6 is 11.8 Å². The fourth-order valence-electron chi connectivity index (χ4n) is 3.10. The number of hydrogen-bond donors (Lipinski definition) is 0. The van der Waals surface area contributed by atoms with Gasteiger partial charge in [-0.2, -0.15) is 0 Å². The summed E-state index contributed by atoms with van der Waals surface area (Å²) in [5, 5.41) is 0.835. The van der Waals surface area contributed by atoms with Gasteiger partial charge < -0.3 is 4.74 Å². The maximum Gasteiger partial charge on any atom is 0.344 e. The van der Waals surface area contributed by atoms with Gasteiger partial charge in [-0.1, -0.05) is 36.0 Å². The summed E-state index contributed by atoms with van der Waals surface area (Å²) in [5.74, 6) is -0.422. The quantitative estimate of drug-likeness (QED) is 0.640. The summed E-state index contributed by atoms with van der Waals surface area (Å²) in [6.07, 6.45) is 1.59. The molecule has 0 fully saturated rings. The highest BCUT2D eigenvalue weighted by atomic mass is 32.2. The van der Waals surface area contributed by atoms with Crippen LogP contribution in [0.3, 0.4) is 0 Å². The summed E-state index contributed by atoms with van der Waals surface area (Å²) in [6.45, 7) is 1.81. The predicted octanol–water partition coefficient (Wildman–Crippen LogP) is 3.89. The molecule has 0 saturated heterocycles. The molecule has 3 aromatic rings. The highest BCUT2D eigenvalue weighted by Crippen LogP contribution is 2.46. The number of rotatable bonds is 3. The van der Waals surface area contributed by atoms with Crippen LogP contribution in [0.1, 0.15) is 12.5 Å². The Labute approximate surface area is 155 Å². The van der Waals surface area contributed by atoms with E-state index in [4.69, 9.17) is 4.74 Å². The van der Waals surface area contributed by atoms with Crippen LogP contribution < -0.4 is 0 Å². The van der Waals surface area contributed by atoms with Crippen molar-refractivity contribution >= 4 is 44.2 Å². The van der Waals surface area contributed by atoms with E-state index in [9.17, 15) is 13.2 Å². The predicted molar refractivity (Wildman–Crippen MR) is 101 cm³/mol. The zero-order valence-corrected chi connectivity index (χ0v) is 15.7. The van der Waals surface area contributed by atoms with E-state index in [0.29, 0.717) is 16.0 Å². The molecule has 0 atom stereocenters. The molecule has 0 N–H and O–H groups in total. The number of ether oxygens (including phenoxy) is 1. The first kappa shape index (κ1) is 16.9. The van der Waals surface area contributed by atoms with Gasteiger partial charge in [0.05, 0.1) is 17.5 Å². The van der Waals surface area contributed by atoms with Crippen LogP contribution in [0.4, 0.5) is 0 Å². The van der Waals surface area contributed by atoms with Crippen molar-refractivity contribution in [1.82, 2.24) is 3.97 Å². The van der Waals surface area contributed by atoms with Gasteiger partial charge in [0.25, 0.3) is 10.0 Å². The lowest BCUT2D eigenvalue weighted by Gasteiger charge is -2.16. The van der Waals surface area contributed by atoms with Crippen LogP contribution in [-0.2, 0) is 19.6 Å². The van der Waals surface area contributed by atoms with Crippen LogP contribution in [0.5, 0.6) is 0 Å². The maximum atomic E-state index is 13.1. The summed E-state index contributed by atoms with van der Waals surface area (Å²) in [7, 11) is -2.40. The minimum atomic E-state index is -3.74. The van der Waals surface area contributed by atoms with E-state index in [2.05, 4.69) is 0 Å². The topological polar surface area (TPSA) is 65.4 Å². The van der Waals surface area contributed by atoms with Crippen molar-refractivity contribution in [2.75, 3.05) is 7.11 Å². The monoisotopic (exact) mass is 385 g/mol. The van der Waals surface area contributed by atoms with E-state index >= 15 is 0 Å². The summed E-state index contributed by atoms with van der Waals surface area (Å²) >= 11 is 1.31. The fraction of sp³-hybridized carbons (Fsp3) is 0.105. The van der Waals surface area contributed by atoms with Crippen molar-refractivity contribution in [3.05, 3.63) is 65.2 Å². The Morgan fingerprint density at radius 1 is 1.08 bits per heavy atom. The van der Waals surface area contributed by atoms with Crippen molar-refractivity contribution in [2.45, 2.75) is 16.7 Å². The second-order valence-electron chi connectivity index (χ2n) is 5.85. The van der Waals surface area contributed by atoms with Gasteiger partial charge in [0.15, 0.2) is 0 Å². The molecule has 1 aliphatic rings. The van der Waals surface area contributed by atoms with Gasteiger partial charge in [0.1, 0.15) is 4.91 Å². The number of nitrogens with zero attached hydrogens (tertiary/aromatic N) is 1. The first-order valence-corrected chi connectivity index (χ1v) is 10.1. The molecular formula is C19H15NO4S2. The van der Waals surface area contributed by atoms with Gasteiger partial charge >= 0.3 is 5.97 Å². The van der Waals surface area contributed by atoms with Gasteiger partial charge in [-0.3, -0.25) is 0 Å². The molecule has 0 saturated carbocycles. The minimum absolute atomic E-state index is 0.218. The molecule has 1 aromatic heterocycles.